The Bertz CT molecular complexity index is 932. The lowest BCUT2D eigenvalue weighted by Gasteiger charge is -2.07. The minimum atomic E-state index is -0.582. The van der Waals surface area contributed by atoms with Crippen molar-refractivity contribution in [3.63, 3.8) is 0 Å². The van der Waals surface area contributed by atoms with Crippen molar-refractivity contribution >= 4 is 11.8 Å². The molecule has 3 aromatic rings. The first-order chi connectivity index (χ1) is 11.3. The van der Waals surface area contributed by atoms with Crippen molar-refractivity contribution in [3.8, 4) is 17.0 Å². The average Bonchev–Trinajstić information content (AvgIpc) is 2.89. The van der Waals surface area contributed by atoms with E-state index in [2.05, 4.69) is 4.98 Å². The van der Waals surface area contributed by atoms with Crippen LogP contribution in [-0.2, 0) is 0 Å². The van der Waals surface area contributed by atoms with Crippen molar-refractivity contribution in [2.45, 2.75) is 0 Å². The Morgan fingerprint density at radius 1 is 0.826 bits per heavy atom. The zero-order chi connectivity index (χ0) is 15.8. The number of esters is 1. The van der Waals surface area contributed by atoms with Crippen LogP contribution in [0.1, 0.15) is 26.3 Å². The topological polar surface area (TPSA) is 56.3 Å². The summed E-state index contributed by atoms with van der Waals surface area (Å²) < 4.78 is 5.27. The molecule has 4 nitrogen and oxygen atoms in total. The second-order valence-corrected chi connectivity index (χ2v) is 5.16. The molecule has 0 radical (unpaired) electrons. The fourth-order valence-corrected chi connectivity index (χ4v) is 2.80. The monoisotopic (exact) mass is 301 g/mol. The lowest BCUT2D eigenvalue weighted by molar-refractivity contribution is 0.0723. The van der Waals surface area contributed by atoms with Gasteiger partial charge in [-0.25, -0.2) is 9.78 Å². The number of carbonyl (C=O) groups is 2. The second kappa shape index (κ2) is 5.18. The summed E-state index contributed by atoms with van der Waals surface area (Å²) in [6.07, 6.45) is 1.54. The zero-order valence-electron chi connectivity index (χ0n) is 12.0. The Hall–Kier alpha value is -3.27. The number of carbonyl (C=O) groups excluding carboxylic acids is 2. The maximum absolute atomic E-state index is 12.6. The Morgan fingerprint density at radius 2 is 1.57 bits per heavy atom. The van der Waals surface area contributed by atoms with Gasteiger partial charge in [0.15, 0.2) is 5.78 Å². The number of hydrogen-bond donors (Lipinski definition) is 0. The molecule has 0 atom stereocenters. The summed E-state index contributed by atoms with van der Waals surface area (Å²) in [5, 5.41) is 0. The number of ketones is 1. The van der Waals surface area contributed by atoms with E-state index in [1.165, 1.54) is 0 Å². The predicted molar refractivity (Wildman–Crippen MR) is 84.5 cm³/mol. The van der Waals surface area contributed by atoms with E-state index in [9.17, 15) is 9.59 Å². The van der Waals surface area contributed by atoms with Gasteiger partial charge in [0.1, 0.15) is 0 Å². The third-order valence-electron chi connectivity index (χ3n) is 3.81. The van der Waals surface area contributed by atoms with Crippen LogP contribution in [0.2, 0.25) is 0 Å². The second-order valence-electron chi connectivity index (χ2n) is 5.16. The third-order valence-corrected chi connectivity index (χ3v) is 3.81. The number of nitrogens with zero attached hydrogens (tertiary/aromatic N) is 1. The van der Waals surface area contributed by atoms with Gasteiger partial charge in [0, 0.05) is 23.4 Å². The molecule has 1 heterocycles. The largest absolute Gasteiger partial charge is 0.404 e. The average molecular weight is 301 g/mol. The summed E-state index contributed by atoms with van der Waals surface area (Å²) in [4.78, 5) is 29.1. The highest BCUT2D eigenvalue weighted by molar-refractivity contribution is 6.25. The van der Waals surface area contributed by atoms with E-state index in [1.54, 1.807) is 42.6 Å². The highest BCUT2D eigenvalue weighted by Crippen LogP contribution is 2.38. The van der Waals surface area contributed by atoms with E-state index in [0.29, 0.717) is 11.1 Å². The maximum atomic E-state index is 12.6. The normalized spacial score (nSPS) is 11.7. The molecular formula is C19H11NO3. The fourth-order valence-electron chi connectivity index (χ4n) is 2.80. The highest BCUT2D eigenvalue weighted by Gasteiger charge is 2.31. The van der Waals surface area contributed by atoms with Gasteiger partial charge in [0.2, 0.25) is 5.88 Å². The quantitative estimate of drug-likeness (QED) is 0.532. The molecule has 0 saturated heterocycles. The Morgan fingerprint density at radius 3 is 2.35 bits per heavy atom. The molecule has 0 fully saturated rings. The van der Waals surface area contributed by atoms with Gasteiger partial charge in [-0.2, -0.15) is 0 Å². The fraction of sp³-hybridized carbons (Fsp3) is 0. The number of aromatic nitrogens is 1. The van der Waals surface area contributed by atoms with E-state index in [-0.39, 0.29) is 17.2 Å². The van der Waals surface area contributed by atoms with Crippen molar-refractivity contribution in [3.05, 3.63) is 83.6 Å². The van der Waals surface area contributed by atoms with Gasteiger partial charge in [-0.15, -0.1) is 0 Å². The summed E-state index contributed by atoms with van der Waals surface area (Å²) >= 11 is 0. The highest BCUT2D eigenvalue weighted by atomic mass is 16.5. The number of fused-ring (bicyclic) bond motifs is 3. The molecule has 2 aromatic carbocycles. The first-order valence-corrected chi connectivity index (χ1v) is 7.16. The van der Waals surface area contributed by atoms with Crippen LogP contribution in [0.25, 0.3) is 11.1 Å². The van der Waals surface area contributed by atoms with E-state index < -0.39 is 5.97 Å². The summed E-state index contributed by atoms with van der Waals surface area (Å²) in [6, 6.07) is 17.6. The standard InChI is InChI=1S/C19H11NO3/c21-18-14-7-2-1-6-12(14)13-8-5-9-15(17(13)18)19(22)23-16-10-3-4-11-20-16/h1-11H. The van der Waals surface area contributed by atoms with E-state index in [1.807, 2.05) is 24.3 Å². The molecule has 4 rings (SSSR count). The van der Waals surface area contributed by atoms with E-state index >= 15 is 0 Å². The molecule has 23 heavy (non-hydrogen) atoms. The summed E-state index contributed by atoms with van der Waals surface area (Å²) in [5.41, 5.74) is 2.88. The van der Waals surface area contributed by atoms with Gasteiger partial charge < -0.3 is 4.74 Å². The molecule has 0 amide bonds. The molecule has 0 aliphatic heterocycles. The lowest BCUT2D eigenvalue weighted by Crippen LogP contribution is -2.14. The van der Waals surface area contributed by atoms with Gasteiger partial charge in [-0.3, -0.25) is 4.79 Å². The van der Waals surface area contributed by atoms with Crippen LogP contribution < -0.4 is 4.74 Å². The van der Waals surface area contributed by atoms with Crippen molar-refractivity contribution in [1.82, 2.24) is 4.98 Å². The van der Waals surface area contributed by atoms with Crippen LogP contribution in [-0.4, -0.2) is 16.7 Å². The van der Waals surface area contributed by atoms with Crippen molar-refractivity contribution in [2.75, 3.05) is 0 Å². The number of hydrogen-bond acceptors (Lipinski definition) is 4. The molecule has 1 aliphatic rings. The van der Waals surface area contributed by atoms with Crippen LogP contribution >= 0.6 is 0 Å². The Labute approximate surface area is 132 Å². The number of benzene rings is 2. The molecule has 110 valence electrons. The molecule has 0 bridgehead atoms. The van der Waals surface area contributed by atoms with Crippen molar-refractivity contribution < 1.29 is 14.3 Å². The Balaban J connectivity index is 1.78. The van der Waals surface area contributed by atoms with Crippen LogP contribution in [0.4, 0.5) is 0 Å². The van der Waals surface area contributed by atoms with Gasteiger partial charge in [0.25, 0.3) is 0 Å². The number of rotatable bonds is 2. The minimum Gasteiger partial charge on any atom is -0.404 e. The SMILES string of the molecule is O=C(Oc1ccccn1)c1cccc2c1C(=O)c1ccccc1-2. The van der Waals surface area contributed by atoms with E-state index in [4.69, 9.17) is 4.74 Å². The minimum absolute atomic E-state index is 0.149. The zero-order valence-corrected chi connectivity index (χ0v) is 12.0. The van der Waals surface area contributed by atoms with Crippen molar-refractivity contribution in [2.24, 2.45) is 0 Å². The smallest absolute Gasteiger partial charge is 0.345 e. The van der Waals surface area contributed by atoms with Gasteiger partial charge in [-0.1, -0.05) is 42.5 Å². The third kappa shape index (κ3) is 2.12. The van der Waals surface area contributed by atoms with Crippen LogP contribution in [0, 0.1) is 0 Å². The first kappa shape index (κ1) is 13.4. The van der Waals surface area contributed by atoms with Gasteiger partial charge in [-0.05, 0) is 23.3 Å². The summed E-state index contributed by atoms with van der Waals surface area (Å²) in [5.74, 6) is -0.524. The molecule has 0 N–H and O–H groups in total. The Kier molecular flexibility index (Phi) is 3.01. The lowest BCUT2D eigenvalue weighted by atomic mass is 10.0. The number of pyridine rings is 1. The first-order valence-electron chi connectivity index (χ1n) is 7.16. The van der Waals surface area contributed by atoms with Crippen LogP contribution in [0.3, 0.4) is 0 Å². The number of ether oxygens (including phenoxy) is 1. The molecule has 1 aliphatic carbocycles. The van der Waals surface area contributed by atoms with E-state index in [0.717, 1.165) is 11.1 Å². The molecular weight excluding hydrogens is 290 g/mol. The maximum Gasteiger partial charge on any atom is 0.345 e. The van der Waals surface area contributed by atoms with Crippen LogP contribution in [0.15, 0.2) is 66.9 Å². The summed E-state index contributed by atoms with van der Waals surface area (Å²) in [6.45, 7) is 0. The summed E-state index contributed by atoms with van der Waals surface area (Å²) in [7, 11) is 0. The van der Waals surface area contributed by atoms with Crippen LogP contribution in [0.5, 0.6) is 5.88 Å². The van der Waals surface area contributed by atoms with Crippen molar-refractivity contribution in [1.29, 1.82) is 0 Å². The predicted octanol–water partition coefficient (Wildman–Crippen LogP) is 3.51. The molecule has 0 unspecified atom stereocenters. The molecule has 0 spiro atoms. The van der Waals surface area contributed by atoms with Gasteiger partial charge >= 0.3 is 5.97 Å². The molecule has 1 aromatic heterocycles. The molecule has 4 heteroatoms. The molecule has 0 saturated carbocycles. The van der Waals surface area contributed by atoms with Gasteiger partial charge in [0.05, 0.1) is 5.56 Å².